The number of amides is 3. The summed E-state index contributed by atoms with van der Waals surface area (Å²) in [4.78, 5) is 52.1. The highest BCUT2D eigenvalue weighted by Crippen LogP contribution is 2.44. The standard InChI is InChI=1S/C38H43N3O7/c1-25-23-47-37(45)34(41-38(46)48-24-33-31-17-10-8-15-29(31)30-16-9-11-18-32(30)33)19-7-3-6-14-27(36(44)39-25)21-35(43)40-28(22-42)20-26-12-4-2-5-13-26/h2-6,8-13,15-18,25,27-28,33-34,42H,7,14,19-24H2,1H3,(H,39,44)(H,40,43)(H,41,46). The number of fused-ring (bicyclic) bond motifs is 3. The van der Waals surface area contributed by atoms with Crippen LogP contribution in [0.3, 0.4) is 0 Å². The third-order valence-corrected chi connectivity index (χ3v) is 8.71. The molecule has 1 heterocycles. The van der Waals surface area contributed by atoms with Crippen LogP contribution in [0.25, 0.3) is 11.1 Å². The molecule has 10 nitrogen and oxygen atoms in total. The molecule has 3 amide bonds. The highest BCUT2D eigenvalue weighted by atomic mass is 16.6. The van der Waals surface area contributed by atoms with Crippen LogP contribution in [0, 0.1) is 5.92 Å². The Labute approximate surface area is 280 Å². The van der Waals surface area contributed by atoms with Crippen molar-refractivity contribution in [2.45, 2.75) is 63.1 Å². The summed E-state index contributed by atoms with van der Waals surface area (Å²) in [7, 11) is 0. The quantitative estimate of drug-likeness (QED) is 0.198. The molecule has 2 aliphatic rings. The second-order valence-corrected chi connectivity index (χ2v) is 12.4. The molecular formula is C38H43N3O7. The zero-order chi connectivity index (χ0) is 33.9. The molecule has 1 aliphatic carbocycles. The van der Waals surface area contributed by atoms with E-state index in [-0.39, 0.29) is 50.4 Å². The van der Waals surface area contributed by atoms with Crippen molar-refractivity contribution in [1.82, 2.24) is 16.0 Å². The molecule has 0 aromatic heterocycles. The highest BCUT2D eigenvalue weighted by Gasteiger charge is 2.30. The van der Waals surface area contributed by atoms with E-state index in [1.54, 1.807) is 6.92 Å². The lowest BCUT2D eigenvalue weighted by molar-refractivity contribution is -0.147. The Balaban J connectivity index is 1.16. The molecule has 4 N–H and O–H groups in total. The number of rotatable bonds is 9. The minimum absolute atomic E-state index is 0.0695. The van der Waals surface area contributed by atoms with Gasteiger partial charge in [-0.05, 0) is 60.4 Å². The summed E-state index contributed by atoms with van der Waals surface area (Å²) in [5.41, 5.74) is 5.40. The van der Waals surface area contributed by atoms with Gasteiger partial charge in [-0.1, -0.05) is 91.0 Å². The molecule has 48 heavy (non-hydrogen) atoms. The summed E-state index contributed by atoms with van der Waals surface area (Å²) in [5.74, 6) is -2.08. The molecule has 4 atom stereocenters. The molecule has 4 unspecified atom stereocenters. The fraction of sp³-hybridized carbons (Fsp3) is 0.368. The molecule has 0 saturated carbocycles. The molecule has 0 radical (unpaired) electrons. The largest absolute Gasteiger partial charge is 0.462 e. The zero-order valence-corrected chi connectivity index (χ0v) is 27.1. The molecule has 1 aliphatic heterocycles. The first-order valence-electron chi connectivity index (χ1n) is 16.5. The van der Waals surface area contributed by atoms with Crippen molar-refractivity contribution in [3.8, 4) is 11.1 Å². The topological polar surface area (TPSA) is 143 Å². The molecule has 0 saturated heterocycles. The lowest BCUT2D eigenvalue weighted by Gasteiger charge is -2.22. The van der Waals surface area contributed by atoms with Gasteiger partial charge in [0.25, 0.3) is 0 Å². The van der Waals surface area contributed by atoms with Crippen molar-refractivity contribution in [3.63, 3.8) is 0 Å². The zero-order valence-electron chi connectivity index (χ0n) is 27.1. The average molecular weight is 654 g/mol. The second-order valence-electron chi connectivity index (χ2n) is 12.4. The number of nitrogens with one attached hydrogen (secondary N) is 3. The van der Waals surface area contributed by atoms with Gasteiger partial charge in [0.2, 0.25) is 11.8 Å². The normalized spacial score (nSPS) is 20.4. The van der Waals surface area contributed by atoms with Gasteiger partial charge < -0.3 is 30.5 Å². The van der Waals surface area contributed by atoms with Gasteiger partial charge in [-0.25, -0.2) is 9.59 Å². The van der Waals surface area contributed by atoms with E-state index in [1.165, 1.54) is 0 Å². The first kappa shape index (κ1) is 34.4. The predicted octanol–water partition coefficient (Wildman–Crippen LogP) is 4.41. The van der Waals surface area contributed by atoms with Gasteiger partial charge in [0, 0.05) is 12.3 Å². The predicted molar refractivity (Wildman–Crippen MR) is 181 cm³/mol. The SMILES string of the molecule is CC1COC(=O)C(NC(=O)OCC2c3ccccc3-c3ccccc32)CCC=CCC(CC(=O)NC(CO)Cc2ccccc2)C(=O)N1. The highest BCUT2D eigenvalue weighted by molar-refractivity contribution is 5.86. The van der Waals surface area contributed by atoms with Gasteiger partial charge in [0.1, 0.15) is 19.3 Å². The number of cyclic esters (lactones) is 1. The van der Waals surface area contributed by atoms with Crippen LogP contribution >= 0.6 is 0 Å². The second kappa shape index (κ2) is 16.7. The van der Waals surface area contributed by atoms with Crippen LogP contribution in [0.2, 0.25) is 0 Å². The Morgan fingerprint density at radius 3 is 2.31 bits per heavy atom. The maximum absolute atomic E-state index is 13.1. The summed E-state index contributed by atoms with van der Waals surface area (Å²) in [6.07, 6.45) is 4.30. The van der Waals surface area contributed by atoms with Crippen LogP contribution in [0.1, 0.15) is 55.2 Å². The van der Waals surface area contributed by atoms with E-state index in [4.69, 9.17) is 9.47 Å². The summed E-state index contributed by atoms with van der Waals surface area (Å²) < 4.78 is 11.1. The van der Waals surface area contributed by atoms with Crippen LogP contribution < -0.4 is 16.0 Å². The van der Waals surface area contributed by atoms with E-state index in [0.717, 1.165) is 27.8 Å². The number of ether oxygens (including phenoxy) is 2. The van der Waals surface area contributed by atoms with Crippen LogP contribution in [0.5, 0.6) is 0 Å². The third-order valence-electron chi connectivity index (χ3n) is 8.71. The van der Waals surface area contributed by atoms with Crippen molar-refractivity contribution in [1.29, 1.82) is 0 Å². The smallest absolute Gasteiger partial charge is 0.407 e. The Morgan fingerprint density at radius 1 is 0.958 bits per heavy atom. The van der Waals surface area contributed by atoms with Crippen LogP contribution in [-0.4, -0.2) is 66.9 Å². The molecule has 5 rings (SSSR count). The number of alkyl carbamates (subject to hydrolysis) is 1. The van der Waals surface area contributed by atoms with Crippen molar-refractivity contribution in [2.75, 3.05) is 19.8 Å². The number of hydrogen-bond acceptors (Lipinski definition) is 7. The van der Waals surface area contributed by atoms with Crippen LogP contribution in [0.15, 0.2) is 91.0 Å². The molecule has 0 bridgehead atoms. The fourth-order valence-electron chi connectivity index (χ4n) is 6.24. The summed E-state index contributed by atoms with van der Waals surface area (Å²) in [5, 5.41) is 18.2. The van der Waals surface area contributed by atoms with E-state index >= 15 is 0 Å². The monoisotopic (exact) mass is 653 g/mol. The minimum Gasteiger partial charge on any atom is -0.462 e. The number of carbonyl (C=O) groups is 4. The fourth-order valence-corrected chi connectivity index (χ4v) is 6.24. The van der Waals surface area contributed by atoms with Crippen LogP contribution in [0.4, 0.5) is 4.79 Å². The Bertz CT molecular complexity index is 1560. The number of esters is 1. The molecule has 10 heteroatoms. The minimum atomic E-state index is -0.949. The Kier molecular flexibility index (Phi) is 12.0. The van der Waals surface area contributed by atoms with Gasteiger partial charge in [-0.3, -0.25) is 9.59 Å². The maximum atomic E-state index is 13.1. The molecular weight excluding hydrogens is 610 g/mol. The number of allylic oxidation sites excluding steroid dienone is 2. The average Bonchev–Trinajstić information content (AvgIpc) is 3.41. The summed E-state index contributed by atoms with van der Waals surface area (Å²) in [6, 6.07) is 23.7. The van der Waals surface area contributed by atoms with Crippen molar-refractivity contribution < 1.29 is 33.8 Å². The Hall–Kier alpha value is -4.96. The Morgan fingerprint density at radius 2 is 1.62 bits per heavy atom. The van der Waals surface area contributed by atoms with Gasteiger partial charge >= 0.3 is 12.1 Å². The van der Waals surface area contributed by atoms with E-state index in [0.29, 0.717) is 19.3 Å². The number of aliphatic hydroxyl groups is 1. The van der Waals surface area contributed by atoms with E-state index < -0.39 is 36.1 Å². The van der Waals surface area contributed by atoms with E-state index in [2.05, 4.69) is 28.1 Å². The third kappa shape index (κ3) is 9.10. The summed E-state index contributed by atoms with van der Waals surface area (Å²) in [6.45, 7) is 1.48. The molecule has 252 valence electrons. The van der Waals surface area contributed by atoms with Crippen molar-refractivity contribution >= 4 is 23.9 Å². The van der Waals surface area contributed by atoms with Crippen molar-refractivity contribution in [2.24, 2.45) is 5.92 Å². The lowest BCUT2D eigenvalue weighted by Crippen LogP contribution is -2.45. The summed E-state index contributed by atoms with van der Waals surface area (Å²) >= 11 is 0. The van der Waals surface area contributed by atoms with Gasteiger partial charge in [0.15, 0.2) is 0 Å². The molecule has 0 fully saturated rings. The van der Waals surface area contributed by atoms with E-state index in [1.807, 2.05) is 78.9 Å². The first-order valence-corrected chi connectivity index (χ1v) is 16.5. The number of benzene rings is 3. The van der Waals surface area contributed by atoms with Crippen LogP contribution in [-0.2, 0) is 30.3 Å². The number of aliphatic hydroxyl groups excluding tert-OH is 1. The lowest BCUT2D eigenvalue weighted by atomic mass is 9.98. The maximum Gasteiger partial charge on any atom is 0.407 e. The molecule has 3 aromatic rings. The van der Waals surface area contributed by atoms with E-state index in [9.17, 15) is 24.3 Å². The molecule has 3 aromatic carbocycles. The van der Waals surface area contributed by atoms with Crippen molar-refractivity contribution in [3.05, 3.63) is 108 Å². The first-order chi connectivity index (χ1) is 23.3. The number of hydrogen-bond donors (Lipinski definition) is 4. The van der Waals surface area contributed by atoms with Gasteiger partial charge in [-0.15, -0.1) is 0 Å². The van der Waals surface area contributed by atoms with Gasteiger partial charge in [0.05, 0.1) is 24.6 Å². The number of carbonyl (C=O) groups excluding carboxylic acids is 4. The molecule has 0 spiro atoms. The van der Waals surface area contributed by atoms with Gasteiger partial charge in [-0.2, -0.15) is 0 Å².